The van der Waals surface area contributed by atoms with E-state index in [0.29, 0.717) is 15.8 Å². The van der Waals surface area contributed by atoms with Crippen LogP contribution in [-0.2, 0) is 4.79 Å². The predicted molar refractivity (Wildman–Crippen MR) is 131 cm³/mol. The second-order valence-electron chi connectivity index (χ2n) is 7.48. The summed E-state index contributed by atoms with van der Waals surface area (Å²) in [5, 5.41) is 1.47. The fraction of sp³-hybridized carbons (Fsp3) is 0.120. The zero-order valence-electron chi connectivity index (χ0n) is 17.5. The Balaban J connectivity index is 1.58. The molecule has 2 heterocycles. The van der Waals surface area contributed by atoms with Crippen LogP contribution >= 0.6 is 23.5 Å². The van der Waals surface area contributed by atoms with Crippen molar-refractivity contribution in [1.29, 1.82) is 0 Å². The van der Waals surface area contributed by atoms with Crippen LogP contribution in [0.15, 0.2) is 98.7 Å². The molecule has 5 rings (SSSR count). The molecule has 0 saturated carbocycles. The van der Waals surface area contributed by atoms with Gasteiger partial charge in [0.2, 0.25) is 0 Å². The normalized spacial score (nSPS) is 20.2. The minimum Gasteiger partial charge on any atom is -0.337 e. The molecule has 2 aliphatic rings. The van der Waals surface area contributed by atoms with E-state index in [9.17, 15) is 9.18 Å². The lowest BCUT2D eigenvalue weighted by Gasteiger charge is -2.18. The smallest absolute Gasteiger partial charge is 0.274 e. The van der Waals surface area contributed by atoms with Gasteiger partial charge < -0.3 is 4.90 Å². The lowest BCUT2D eigenvalue weighted by Crippen LogP contribution is -2.29. The molecule has 7 heteroatoms. The third-order valence-corrected chi connectivity index (χ3v) is 7.79. The van der Waals surface area contributed by atoms with Crippen molar-refractivity contribution >= 4 is 46.0 Å². The number of amidine groups is 1. The van der Waals surface area contributed by atoms with E-state index < -0.39 is 0 Å². The van der Waals surface area contributed by atoms with Crippen molar-refractivity contribution < 1.29 is 9.18 Å². The molecule has 0 unspecified atom stereocenters. The van der Waals surface area contributed by atoms with Crippen LogP contribution in [0.1, 0.15) is 18.5 Å². The van der Waals surface area contributed by atoms with Gasteiger partial charge in [-0.1, -0.05) is 54.2 Å². The Labute approximate surface area is 194 Å². The molecule has 32 heavy (non-hydrogen) atoms. The van der Waals surface area contributed by atoms with Gasteiger partial charge in [-0.25, -0.2) is 4.39 Å². The molecule has 160 valence electrons. The number of anilines is 2. The summed E-state index contributed by atoms with van der Waals surface area (Å²) >= 11 is 2.95. The largest absolute Gasteiger partial charge is 0.337 e. The number of carbonyl (C=O) groups excluding carboxylic acids is 1. The molecule has 1 atom stereocenters. The van der Waals surface area contributed by atoms with Gasteiger partial charge in [0.25, 0.3) is 5.91 Å². The van der Waals surface area contributed by atoms with Crippen LogP contribution in [0.2, 0.25) is 0 Å². The number of nitrogens with zero attached hydrogens (tertiary/aromatic N) is 3. The van der Waals surface area contributed by atoms with Crippen LogP contribution in [0.3, 0.4) is 0 Å². The molecule has 1 saturated heterocycles. The van der Waals surface area contributed by atoms with E-state index in [1.165, 1.54) is 23.9 Å². The summed E-state index contributed by atoms with van der Waals surface area (Å²) < 4.78 is 13.6. The predicted octanol–water partition coefficient (Wildman–Crippen LogP) is 6.43. The molecule has 0 N–H and O–H groups in total. The standard InChI is InChI=1S/C25H20FN3OS2/c1-16(17-8-4-3-5-9-17)27-25-29(19-14-12-18(26)13-15-19)23(30)22(32-25)24-28(2)20-10-6-7-11-21(20)31-24/h3-16H,1-2H3/b24-22-,27-25?/t16-/m0/s1. The van der Waals surface area contributed by atoms with Gasteiger partial charge in [0.05, 0.1) is 22.4 Å². The molecule has 0 radical (unpaired) electrons. The maximum absolute atomic E-state index is 13.6. The fourth-order valence-electron chi connectivity index (χ4n) is 3.68. The topological polar surface area (TPSA) is 35.9 Å². The number of benzene rings is 3. The molecule has 2 aliphatic heterocycles. The molecule has 1 amide bonds. The number of thioether (sulfide) groups is 2. The maximum atomic E-state index is 13.6. The molecule has 0 aliphatic carbocycles. The van der Waals surface area contributed by atoms with E-state index in [2.05, 4.69) is 6.07 Å². The molecular formula is C25H20FN3OS2. The Bertz CT molecular complexity index is 1240. The third kappa shape index (κ3) is 3.72. The summed E-state index contributed by atoms with van der Waals surface area (Å²) in [4.78, 5) is 23.9. The van der Waals surface area contributed by atoms with Crippen molar-refractivity contribution in [3.8, 4) is 0 Å². The zero-order chi connectivity index (χ0) is 22.2. The summed E-state index contributed by atoms with van der Waals surface area (Å²) in [5.74, 6) is -0.493. The molecule has 0 aromatic heterocycles. The van der Waals surface area contributed by atoms with Gasteiger partial charge in [0, 0.05) is 11.9 Å². The Hall–Kier alpha value is -3.03. The van der Waals surface area contributed by atoms with Crippen molar-refractivity contribution in [3.05, 3.63) is 100 Å². The maximum Gasteiger partial charge on any atom is 0.274 e. The van der Waals surface area contributed by atoms with E-state index in [1.807, 2.05) is 67.4 Å². The van der Waals surface area contributed by atoms with Crippen molar-refractivity contribution in [2.24, 2.45) is 4.99 Å². The first-order valence-corrected chi connectivity index (χ1v) is 11.8. The van der Waals surface area contributed by atoms with E-state index >= 15 is 0 Å². The molecule has 1 fully saturated rings. The van der Waals surface area contributed by atoms with E-state index in [0.717, 1.165) is 21.2 Å². The van der Waals surface area contributed by atoms with Crippen LogP contribution in [0.5, 0.6) is 0 Å². The number of amides is 1. The van der Waals surface area contributed by atoms with Crippen molar-refractivity contribution in [2.45, 2.75) is 17.9 Å². The first-order valence-electron chi connectivity index (χ1n) is 10.2. The second-order valence-corrected chi connectivity index (χ2v) is 9.49. The number of fused-ring (bicyclic) bond motifs is 1. The highest BCUT2D eigenvalue weighted by Crippen LogP contribution is 2.50. The van der Waals surface area contributed by atoms with Crippen LogP contribution in [0.4, 0.5) is 15.8 Å². The van der Waals surface area contributed by atoms with Crippen LogP contribution in [0.25, 0.3) is 0 Å². The lowest BCUT2D eigenvalue weighted by molar-refractivity contribution is -0.113. The van der Waals surface area contributed by atoms with Gasteiger partial charge >= 0.3 is 0 Å². The average molecular weight is 462 g/mol. The fourth-order valence-corrected chi connectivity index (χ4v) is 6.08. The van der Waals surface area contributed by atoms with Crippen LogP contribution in [-0.4, -0.2) is 18.1 Å². The second kappa shape index (κ2) is 8.48. The Morgan fingerprint density at radius 1 is 0.906 bits per heavy atom. The van der Waals surface area contributed by atoms with Crippen LogP contribution in [0, 0.1) is 5.82 Å². The number of aliphatic imine (C=N–C) groups is 1. The number of hydrogen-bond donors (Lipinski definition) is 0. The number of halogens is 1. The highest BCUT2D eigenvalue weighted by Gasteiger charge is 2.40. The highest BCUT2D eigenvalue weighted by atomic mass is 32.2. The number of carbonyl (C=O) groups is 1. The van der Waals surface area contributed by atoms with Gasteiger partial charge in [-0.15, -0.1) is 0 Å². The van der Waals surface area contributed by atoms with Crippen molar-refractivity contribution in [2.75, 3.05) is 16.8 Å². The molecule has 3 aromatic rings. The quantitative estimate of drug-likeness (QED) is 0.421. The SMILES string of the molecule is C[C@H](N=C1S/C(=C2\Sc3ccccc3N2C)C(=O)N1c1ccc(F)cc1)c1ccccc1. The third-order valence-electron chi connectivity index (χ3n) is 5.38. The Kier molecular flexibility index (Phi) is 5.53. The van der Waals surface area contributed by atoms with E-state index in [1.54, 1.807) is 28.8 Å². The highest BCUT2D eigenvalue weighted by molar-refractivity contribution is 8.20. The van der Waals surface area contributed by atoms with E-state index in [-0.39, 0.29) is 17.8 Å². The number of hydrogen-bond acceptors (Lipinski definition) is 5. The lowest BCUT2D eigenvalue weighted by atomic mass is 10.1. The van der Waals surface area contributed by atoms with E-state index in [4.69, 9.17) is 4.99 Å². The zero-order valence-corrected chi connectivity index (χ0v) is 19.2. The minimum absolute atomic E-state index is 0.134. The molecular weight excluding hydrogens is 441 g/mol. The summed E-state index contributed by atoms with van der Waals surface area (Å²) in [6.07, 6.45) is 0. The number of rotatable bonds is 3. The van der Waals surface area contributed by atoms with Gasteiger partial charge in [0.1, 0.15) is 10.7 Å². The minimum atomic E-state index is -0.343. The summed E-state index contributed by atoms with van der Waals surface area (Å²) in [6.45, 7) is 2.01. The average Bonchev–Trinajstić information content (AvgIpc) is 3.31. The first-order chi connectivity index (χ1) is 15.5. The molecule has 4 nitrogen and oxygen atoms in total. The summed E-state index contributed by atoms with van der Waals surface area (Å²) in [6, 6.07) is 23.9. The molecule has 0 bridgehead atoms. The first kappa shape index (κ1) is 20.8. The van der Waals surface area contributed by atoms with Crippen molar-refractivity contribution in [3.63, 3.8) is 0 Å². The van der Waals surface area contributed by atoms with Gasteiger partial charge in [-0.05, 0) is 60.6 Å². The van der Waals surface area contributed by atoms with Crippen molar-refractivity contribution in [1.82, 2.24) is 0 Å². The summed E-state index contributed by atoms with van der Waals surface area (Å²) in [5.41, 5.74) is 2.74. The van der Waals surface area contributed by atoms with Gasteiger partial charge in [-0.2, -0.15) is 0 Å². The molecule has 3 aromatic carbocycles. The molecule has 0 spiro atoms. The number of para-hydroxylation sites is 1. The summed E-state index contributed by atoms with van der Waals surface area (Å²) in [7, 11) is 1.97. The Morgan fingerprint density at radius 2 is 1.59 bits per heavy atom. The van der Waals surface area contributed by atoms with Crippen LogP contribution < -0.4 is 9.80 Å². The van der Waals surface area contributed by atoms with Gasteiger partial charge in [0.15, 0.2) is 5.17 Å². The van der Waals surface area contributed by atoms with Gasteiger partial charge in [-0.3, -0.25) is 14.7 Å². The monoisotopic (exact) mass is 461 g/mol. The Morgan fingerprint density at radius 3 is 2.31 bits per heavy atom.